The van der Waals surface area contributed by atoms with Crippen LogP contribution in [0.25, 0.3) is 0 Å². The van der Waals surface area contributed by atoms with Gasteiger partial charge in [0.1, 0.15) is 11.3 Å². The summed E-state index contributed by atoms with van der Waals surface area (Å²) in [6.45, 7) is 5.73. The van der Waals surface area contributed by atoms with Gasteiger partial charge in [-0.2, -0.15) is 0 Å². The first-order chi connectivity index (χ1) is 11.4. The summed E-state index contributed by atoms with van der Waals surface area (Å²) >= 11 is 0. The van der Waals surface area contributed by atoms with Crippen LogP contribution < -0.4 is 0 Å². The second-order valence-corrected chi connectivity index (χ2v) is 6.25. The molecule has 0 bridgehead atoms. The minimum absolute atomic E-state index is 0.0155. The van der Waals surface area contributed by atoms with Crippen molar-refractivity contribution in [3.8, 4) is 5.75 Å². The Kier molecular flexibility index (Phi) is 5.74. The number of rotatable bonds is 5. The zero-order valence-electron chi connectivity index (χ0n) is 14.2. The molecular weight excluding hydrogens is 304 g/mol. The minimum Gasteiger partial charge on any atom is -0.507 e. The maximum absolute atomic E-state index is 12.2. The van der Waals surface area contributed by atoms with Gasteiger partial charge >= 0.3 is 11.9 Å². The third-order valence-electron chi connectivity index (χ3n) is 3.81. The highest BCUT2D eigenvalue weighted by molar-refractivity contribution is 6.00. The molecule has 0 unspecified atom stereocenters. The van der Waals surface area contributed by atoms with E-state index >= 15 is 0 Å². The van der Waals surface area contributed by atoms with Gasteiger partial charge in [0.2, 0.25) is 0 Å². The monoisotopic (exact) mass is 326 g/mol. The van der Waals surface area contributed by atoms with Gasteiger partial charge in [0, 0.05) is 0 Å². The van der Waals surface area contributed by atoms with Gasteiger partial charge in [-0.15, -0.1) is 0 Å². The summed E-state index contributed by atoms with van der Waals surface area (Å²) in [5.74, 6) is -1.81. The fraction of sp³-hybridized carbons (Fsp3) is 0.300. The molecule has 0 spiro atoms. The summed E-state index contributed by atoms with van der Waals surface area (Å²) in [7, 11) is 0. The molecule has 0 radical (unpaired) electrons. The maximum Gasteiger partial charge on any atom is 0.349 e. The van der Waals surface area contributed by atoms with Crippen molar-refractivity contribution in [2.24, 2.45) is 5.92 Å². The molecule has 0 heterocycles. The Morgan fingerprint density at radius 1 is 1.00 bits per heavy atom. The summed E-state index contributed by atoms with van der Waals surface area (Å²) in [6.07, 6.45) is 0.640. The van der Waals surface area contributed by atoms with Crippen molar-refractivity contribution < 1.29 is 19.4 Å². The SMILES string of the molecule is CC(C)Cc1cccc(C(=O)OC(=O)[C@@H](C)c2ccccc2)c1O. The molecule has 0 fully saturated rings. The van der Waals surface area contributed by atoms with Gasteiger partial charge in [-0.05, 0) is 36.5 Å². The smallest absolute Gasteiger partial charge is 0.349 e. The fourth-order valence-corrected chi connectivity index (χ4v) is 2.47. The zero-order chi connectivity index (χ0) is 17.7. The van der Waals surface area contributed by atoms with Crippen LogP contribution in [0.4, 0.5) is 0 Å². The molecule has 24 heavy (non-hydrogen) atoms. The average molecular weight is 326 g/mol. The van der Waals surface area contributed by atoms with Crippen LogP contribution in [-0.2, 0) is 16.0 Å². The molecule has 0 aromatic heterocycles. The number of carbonyl (C=O) groups excluding carboxylic acids is 2. The molecule has 0 saturated carbocycles. The molecular formula is C20H22O4. The summed E-state index contributed by atoms with van der Waals surface area (Å²) in [6, 6.07) is 14.0. The number of ether oxygens (including phenoxy) is 1. The molecule has 1 N–H and O–H groups in total. The lowest BCUT2D eigenvalue weighted by molar-refractivity contribution is -0.139. The van der Waals surface area contributed by atoms with E-state index in [4.69, 9.17) is 4.74 Å². The van der Waals surface area contributed by atoms with Crippen LogP contribution >= 0.6 is 0 Å². The van der Waals surface area contributed by atoms with Crippen LogP contribution in [-0.4, -0.2) is 17.0 Å². The summed E-state index contributed by atoms with van der Waals surface area (Å²) in [5, 5.41) is 10.3. The van der Waals surface area contributed by atoms with E-state index in [1.165, 1.54) is 6.07 Å². The van der Waals surface area contributed by atoms with Gasteiger partial charge in [0.25, 0.3) is 0 Å². The van der Waals surface area contributed by atoms with Crippen molar-refractivity contribution in [1.29, 1.82) is 0 Å². The predicted octanol–water partition coefficient (Wildman–Crippen LogP) is 4.08. The molecule has 2 rings (SSSR count). The Morgan fingerprint density at radius 3 is 2.29 bits per heavy atom. The highest BCUT2D eigenvalue weighted by Gasteiger charge is 2.23. The Bertz CT molecular complexity index is 720. The van der Waals surface area contributed by atoms with Crippen molar-refractivity contribution in [2.75, 3.05) is 0 Å². The first-order valence-corrected chi connectivity index (χ1v) is 8.02. The number of carbonyl (C=O) groups is 2. The van der Waals surface area contributed by atoms with Gasteiger partial charge in [-0.25, -0.2) is 4.79 Å². The third kappa shape index (κ3) is 4.22. The standard InChI is InChI=1S/C20H22O4/c1-13(2)12-16-10-7-11-17(18(16)21)20(23)24-19(22)14(3)15-8-5-4-6-9-15/h4-11,13-14,21H,12H2,1-3H3/t14-/m0/s1. The Hall–Kier alpha value is -2.62. The van der Waals surface area contributed by atoms with E-state index in [0.29, 0.717) is 17.9 Å². The fourth-order valence-electron chi connectivity index (χ4n) is 2.47. The molecule has 0 aliphatic rings. The number of aromatic hydroxyl groups is 1. The summed E-state index contributed by atoms with van der Waals surface area (Å²) in [5.41, 5.74) is 1.46. The Balaban J connectivity index is 2.14. The zero-order valence-corrected chi connectivity index (χ0v) is 14.2. The quantitative estimate of drug-likeness (QED) is 0.664. The number of hydrogen-bond donors (Lipinski definition) is 1. The average Bonchev–Trinajstić information content (AvgIpc) is 2.56. The van der Waals surface area contributed by atoms with Crippen molar-refractivity contribution in [1.82, 2.24) is 0 Å². The largest absolute Gasteiger partial charge is 0.507 e. The topological polar surface area (TPSA) is 63.6 Å². The summed E-state index contributed by atoms with van der Waals surface area (Å²) < 4.78 is 4.96. The van der Waals surface area contributed by atoms with Crippen LogP contribution in [0.3, 0.4) is 0 Å². The predicted molar refractivity (Wildman–Crippen MR) is 91.9 cm³/mol. The second kappa shape index (κ2) is 7.77. The van der Waals surface area contributed by atoms with E-state index < -0.39 is 17.9 Å². The molecule has 4 heteroatoms. The number of phenols is 1. The van der Waals surface area contributed by atoms with E-state index in [9.17, 15) is 14.7 Å². The molecule has 2 aromatic rings. The Labute approximate surface area is 142 Å². The van der Waals surface area contributed by atoms with E-state index in [1.54, 1.807) is 31.2 Å². The molecule has 4 nitrogen and oxygen atoms in total. The van der Waals surface area contributed by atoms with E-state index in [0.717, 1.165) is 5.56 Å². The van der Waals surface area contributed by atoms with Gasteiger partial charge in [-0.3, -0.25) is 4.79 Å². The van der Waals surface area contributed by atoms with Gasteiger partial charge < -0.3 is 9.84 Å². The lowest BCUT2D eigenvalue weighted by Crippen LogP contribution is -2.18. The van der Waals surface area contributed by atoms with Crippen LogP contribution in [0.2, 0.25) is 0 Å². The van der Waals surface area contributed by atoms with Crippen molar-refractivity contribution in [3.05, 3.63) is 65.2 Å². The maximum atomic E-state index is 12.2. The van der Waals surface area contributed by atoms with Crippen molar-refractivity contribution in [3.63, 3.8) is 0 Å². The lowest BCUT2D eigenvalue weighted by atomic mass is 9.99. The van der Waals surface area contributed by atoms with Crippen LogP contribution in [0.15, 0.2) is 48.5 Å². The van der Waals surface area contributed by atoms with E-state index in [1.807, 2.05) is 32.0 Å². The highest BCUT2D eigenvalue weighted by Crippen LogP contribution is 2.26. The van der Waals surface area contributed by atoms with Crippen LogP contribution in [0.5, 0.6) is 5.75 Å². The first kappa shape index (κ1) is 17.7. The van der Waals surface area contributed by atoms with Gasteiger partial charge in [0.15, 0.2) is 0 Å². The normalized spacial score (nSPS) is 12.0. The number of benzene rings is 2. The molecule has 0 aliphatic carbocycles. The first-order valence-electron chi connectivity index (χ1n) is 8.02. The van der Waals surface area contributed by atoms with Crippen molar-refractivity contribution in [2.45, 2.75) is 33.1 Å². The number of phenolic OH excluding ortho intramolecular Hbond substituents is 1. The molecule has 1 atom stereocenters. The number of esters is 2. The summed E-state index contributed by atoms with van der Waals surface area (Å²) in [4.78, 5) is 24.4. The molecule has 0 amide bonds. The lowest BCUT2D eigenvalue weighted by Gasteiger charge is -2.13. The van der Waals surface area contributed by atoms with Crippen molar-refractivity contribution >= 4 is 11.9 Å². The molecule has 0 saturated heterocycles. The molecule has 2 aromatic carbocycles. The van der Waals surface area contributed by atoms with E-state index in [-0.39, 0.29) is 11.3 Å². The molecule has 126 valence electrons. The van der Waals surface area contributed by atoms with E-state index in [2.05, 4.69) is 0 Å². The minimum atomic E-state index is -0.828. The number of para-hydroxylation sites is 1. The Morgan fingerprint density at radius 2 is 1.67 bits per heavy atom. The molecule has 0 aliphatic heterocycles. The van der Waals surface area contributed by atoms with Crippen LogP contribution in [0.1, 0.15) is 48.2 Å². The third-order valence-corrected chi connectivity index (χ3v) is 3.81. The van der Waals surface area contributed by atoms with Gasteiger partial charge in [0.05, 0.1) is 5.92 Å². The highest BCUT2D eigenvalue weighted by atomic mass is 16.6. The second-order valence-electron chi connectivity index (χ2n) is 6.25. The van der Waals surface area contributed by atoms with Gasteiger partial charge in [-0.1, -0.05) is 56.3 Å². The number of hydrogen-bond acceptors (Lipinski definition) is 4. The van der Waals surface area contributed by atoms with Crippen LogP contribution in [0, 0.1) is 5.92 Å².